The van der Waals surface area contributed by atoms with E-state index in [2.05, 4.69) is 22.9 Å². The topological polar surface area (TPSA) is 0 Å². The van der Waals surface area contributed by atoms with E-state index >= 15 is 0 Å². The van der Waals surface area contributed by atoms with Crippen molar-refractivity contribution in [2.45, 2.75) is 19.8 Å². The number of hydrogen-bond acceptors (Lipinski definition) is 0. The van der Waals surface area contributed by atoms with Crippen LogP contribution < -0.4 is 18.9 Å². The molecule has 0 aliphatic heterocycles. The van der Waals surface area contributed by atoms with Crippen molar-refractivity contribution in [2.24, 2.45) is 0 Å². The minimum absolute atomic E-state index is 0. The van der Waals surface area contributed by atoms with Gasteiger partial charge in [-0.2, -0.15) is 0 Å². The van der Waals surface area contributed by atoms with Crippen LogP contribution in [0, 0.1) is 0 Å². The maximum atomic E-state index is 3.31. The Kier molecular flexibility index (Phi) is 15.9. The standard InChI is InChI=1S/C4H9Br.Li.H/c1-2-3-4-5;;/h2-4H2,1H3;;/q;+1;-1. The molecule has 0 aromatic heterocycles. The average Bonchev–Trinajstić information content (AvgIpc) is 1.41. The Balaban J connectivity index is -0.0000000800. The molecule has 0 aliphatic rings. The summed E-state index contributed by atoms with van der Waals surface area (Å²) in [5.74, 6) is 0. The molecule has 0 bridgehead atoms. The molecular weight excluding hydrogens is 135 g/mol. The summed E-state index contributed by atoms with van der Waals surface area (Å²) in [5.41, 5.74) is 0. The van der Waals surface area contributed by atoms with Gasteiger partial charge in [-0.15, -0.1) is 0 Å². The maximum Gasteiger partial charge on any atom is 1.00 e. The summed E-state index contributed by atoms with van der Waals surface area (Å²) >= 11 is 3.31. The second kappa shape index (κ2) is 9.42. The molecule has 0 fully saturated rings. The average molecular weight is 145 g/mol. The predicted octanol–water partition coefficient (Wildman–Crippen LogP) is -0.702. The first-order valence-electron chi connectivity index (χ1n) is 1.97. The number of hydrogen-bond donors (Lipinski definition) is 0. The molecule has 0 amide bonds. The summed E-state index contributed by atoms with van der Waals surface area (Å²) < 4.78 is 0. The first kappa shape index (κ1) is 10.1. The Labute approximate surface area is 61.5 Å². The minimum Gasteiger partial charge on any atom is -1.00 e. The molecule has 0 saturated carbocycles. The number of alkyl halides is 1. The van der Waals surface area contributed by atoms with Crippen LogP contribution in [0.5, 0.6) is 0 Å². The van der Waals surface area contributed by atoms with Crippen LogP contribution >= 0.6 is 15.9 Å². The molecule has 0 rings (SSSR count). The van der Waals surface area contributed by atoms with E-state index < -0.39 is 0 Å². The Bertz CT molecular complexity index is 19.2. The Hall–Kier alpha value is 1.08. The maximum absolute atomic E-state index is 3.31. The third kappa shape index (κ3) is 8.91. The molecule has 0 spiro atoms. The third-order valence-corrected chi connectivity index (χ3v) is 1.05. The largest absolute Gasteiger partial charge is 1.00 e. The van der Waals surface area contributed by atoms with Crippen molar-refractivity contribution >= 4 is 15.9 Å². The Morgan fingerprint density at radius 3 is 2.17 bits per heavy atom. The van der Waals surface area contributed by atoms with Crippen LogP contribution in [0.15, 0.2) is 0 Å². The molecule has 0 heterocycles. The fourth-order valence-corrected chi connectivity index (χ4v) is 0.694. The van der Waals surface area contributed by atoms with Crippen LogP contribution in [0.4, 0.5) is 0 Å². The van der Waals surface area contributed by atoms with Crippen LogP contribution in [0.1, 0.15) is 21.2 Å². The second-order valence-electron chi connectivity index (χ2n) is 1.04. The minimum atomic E-state index is 0. The molecule has 2 heteroatoms. The summed E-state index contributed by atoms with van der Waals surface area (Å²) in [4.78, 5) is 0. The summed E-state index contributed by atoms with van der Waals surface area (Å²) in [6, 6.07) is 0. The zero-order valence-corrected chi connectivity index (χ0v) is 6.09. The van der Waals surface area contributed by atoms with Crippen LogP contribution in [0.3, 0.4) is 0 Å². The van der Waals surface area contributed by atoms with Crippen molar-refractivity contribution in [3.05, 3.63) is 0 Å². The van der Waals surface area contributed by atoms with Crippen molar-refractivity contribution in [2.75, 3.05) is 5.33 Å². The Morgan fingerprint density at radius 1 is 1.67 bits per heavy atom. The molecule has 0 radical (unpaired) electrons. The molecular formula is C4H10BrLi. The van der Waals surface area contributed by atoms with Gasteiger partial charge in [0.1, 0.15) is 0 Å². The van der Waals surface area contributed by atoms with E-state index in [1.54, 1.807) is 0 Å². The summed E-state index contributed by atoms with van der Waals surface area (Å²) in [7, 11) is 0. The summed E-state index contributed by atoms with van der Waals surface area (Å²) in [5, 5.41) is 1.16. The van der Waals surface area contributed by atoms with Crippen molar-refractivity contribution in [3.63, 3.8) is 0 Å². The van der Waals surface area contributed by atoms with Gasteiger partial charge in [-0.25, -0.2) is 0 Å². The van der Waals surface area contributed by atoms with Crippen molar-refractivity contribution in [3.8, 4) is 0 Å². The molecule has 0 aromatic rings. The van der Waals surface area contributed by atoms with E-state index in [4.69, 9.17) is 0 Å². The Morgan fingerprint density at radius 2 is 2.17 bits per heavy atom. The van der Waals surface area contributed by atoms with Gasteiger partial charge in [-0.3, -0.25) is 0 Å². The van der Waals surface area contributed by atoms with Gasteiger partial charge in [0, 0.05) is 5.33 Å². The zero-order chi connectivity index (χ0) is 4.12. The van der Waals surface area contributed by atoms with Gasteiger partial charge < -0.3 is 1.43 Å². The van der Waals surface area contributed by atoms with E-state index in [9.17, 15) is 0 Å². The van der Waals surface area contributed by atoms with E-state index in [1.807, 2.05) is 0 Å². The van der Waals surface area contributed by atoms with Crippen LogP contribution in [0.25, 0.3) is 0 Å². The molecule has 0 saturated heterocycles. The van der Waals surface area contributed by atoms with E-state index in [0.717, 1.165) is 5.33 Å². The van der Waals surface area contributed by atoms with Gasteiger partial charge in [0.25, 0.3) is 0 Å². The number of halogens is 1. The summed E-state index contributed by atoms with van der Waals surface area (Å²) in [6.07, 6.45) is 2.60. The first-order valence-corrected chi connectivity index (χ1v) is 3.10. The summed E-state index contributed by atoms with van der Waals surface area (Å²) in [6.45, 7) is 2.18. The molecule has 0 aliphatic carbocycles. The normalized spacial score (nSPS) is 7.00. The molecule has 0 N–H and O–H groups in total. The third-order valence-electron chi connectivity index (χ3n) is 0.487. The monoisotopic (exact) mass is 144 g/mol. The molecule has 0 nitrogen and oxygen atoms in total. The quantitative estimate of drug-likeness (QED) is 0.356. The fraction of sp³-hybridized carbons (Fsp3) is 1.00. The van der Waals surface area contributed by atoms with Crippen LogP contribution in [-0.4, -0.2) is 5.33 Å². The van der Waals surface area contributed by atoms with Crippen molar-refractivity contribution in [1.29, 1.82) is 0 Å². The SMILES string of the molecule is CCCCBr.[H-].[Li+]. The van der Waals surface area contributed by atoms with Gasteiger partial charge in [0.2, 0.25) is 0 Å². The number of unbranched alkanes of at least 4 members (excludes halogenated alkanes) is 1. The number of rotatable bonds is 2. The van der Waals surface area contributed by atoms with Gasteiger partial charge in [-0.05, 0) is 6.42 Å². The van der Waals surface area contributed by atoms with Gasteiger partial charge in [0.05, 0.1) is 0 Å². The molecule has 0 unspecified atom stereocenters. The van der Waals surface area contributed by atoms with E-state index in [1.165, 1.54) is 12.8 Å². The molecule has 0 atom stereocenters. The van der Waals surface area contributed by atoms with Crippen molar-refractivity contribution < 1.29 is 20.3 Å². The van der Waals surface area contributed by atoms with Gasteiger partial charge in [0.15, 0.2) is 0 Å². The van der Waals surface area contributed by atoms with Gasteiger partial charge >= 0.3 is 18.9 Å². The van der Waals surface area contributed by atoms with Crippen LogP contribution in [0.2, 0.25) is 0 Å². The van der Waals surface area contributed by atoms with Crippen LogP contribution in [-0.2, 0) is 0 Å². The molecule has 0 aromatic carbocycles. The van der Waals surface area contributed by atoms with Gasteiger partial charge in [-0.1, -0.05) is 29.3 Å². The van der Waals surface area contributed by atoms with Crippen molar-refractivity contribution in [1.82, 2.24) is 0 Å². The predicted molar refractivity (Wildman–Crippen MR) is 29.8 cm³/mol. The smallest absolute Gasteiger partial charge is 1.00 e. The zero-order valence-electron chi connectivity index (χ0n) is 5.50. The molecule has 6 heavy (non-hydrogen) atoms. The van der Waals surface area contributed by atoms with E-state index in [0.29, 0.717) is 0 Å². The first-order chi connectivity index (χ1) is 2.41. The van der Waals surface area contributed by atoms with E-state index in [-0.39, 0.29) is 20.3 Å². The molecule has 34 valence electrons. The fourth-order valence-electron chi connectivity index (χ4n) is 0.134. The second-order valence-corrected chi connectivity index (χ2v) is 1.84.